The quantitative estimate of drug-likeness (QED) is 0.735. The van der Waals surface area contributed by atoms with E-state index in [4.69, 9.17) is 0 Å². The lowest BCUT2D eigenvalue weighted by atomic mass is 10.00. The highest BCUT2D eigenvalue weighted by atomic mass is 19.1. The van der Waals surface area contributed by atoms with Gasteiger partial charge < -0.3 is 10.0 Å². The van der Waals surface area contributed by atoms with E-state index in [-0.39, 0.29) is 24.0 Å². The van der Waals surface area contributed by atoms with E-state index < -0.39 is 5.60 Å². The van der Waals surface area contributed by atoms with Gasteiger partial charge in [0, 0.05) is 19.2 Å². The van der Waals surface area contributed by atoms with Crippen LogP contribution in [0.3, 0.4) is 0 Å². The third kappa shape index (κ3) is 2.78. The fourth-order valence-corrected chi connectivity index (χ4v) is 2.94. The number of H-pyrrole nitrogens is 1. The highest BCUT2D eigenvalue weighted by Gasteiger charge is 2.42. The zero-order valence-electron chi connectivity index (χ0n) is 13.1. The molecule has 1 aliphatic heterocycles. The molecule has 1 aliphatic rings. The first-order valence-electron chi connectivity index (χ1n) is 7.75. The molecule has 0 aliphatic carbocycles. The highest BCUT2D eigenvalue weighted by molar-refractivity contribution is 5.92. The van der Waals surface area contributed by atoms with Crippen molar-refractivity contribution in [1.29, 1.82) is 0 Å². The maximum atomic E-state index is 13.0. The first-order chi connectivity index (χ1) is 12.0. The minimum absolute atomic E-state index is 0.127. The van der Waals surface area contributed by atoms with E-state index in [1.54, 1.807) is 24.4 Å². The molecule has 0 radical (unpaired) electrons. The Morgan fingerprint density at radius 2 is 2.08 bits per heavy atom. The Kier molecular flexibility index (Phi) is 3.57. The lowest BCUT2D eigenvalue weighted by molar-refractivity contribution is 0.0380. The summed E-state index contributed by atoms with van der Waals surface area (Å²) in [4.78, 5) is 14.2. The number of halogens is 1. The van der Waals surface area contributed by atoms with Gasteiger partial charge in [0.2, 0.25) is 0 Å². The van der Waals surface area contributed by atoms with E-state index in [2.05, 4.69) is 20.5 Å². The number of nitrogens with one attached hydrogen (secondary N) is 1. The molecule has 1 fully saturated rings. The van der Waals surface area contributed by atoms with Crippen LogP contribution in [-0.4, -0.2) is 54.2 Å². The van der Waals surface area contributed by atoms with Crippen LogP contribution in [0.2, 0.25) is 0 Å². The SMILES string of the molecule is O=C(c1ccn(-c2ccc(F)cc2)n1)N1CC[C@@](O)(c2cn[nH]n2)C1. The smallest absolute Gasteiger partial charge is 0.274 e. The number of hydrogen-bond donors (Lipinski definition) is 2. The van der Waals surface area contributed by atoms with Gasteiger partial charge in [-0.3, -0.25) is 4.79 Å². The number of carbonyl (C=O) groups is 1. The zero-order valence-corrected chi connectivity index (χ0v) is 13.1. The molecule has 1 atom stereocenters. The Hall–Kier alpha value is -3.07. The summed E-state index contributed by atoms with van der Waals surface area (Å²) in [7, 11) is 0. The van der Waals surface area contributed by atoms with Crippen molar-refractivity contribution >= 4 is 5.91 Å². The normalized spacial score (nSPS) is 20.2. The Bertz CT molecular complexity index is 892. The maximum Gasteiger partial charge on any atom is 0.274 e. The van der Waals surface area contributed by atoms with Crippen LogP contribution in [0.1, 0.15) is 22.6 Å². The van der Waals surface area contributed by atoms with Crippen LogP contribution in [0.25, 0.3) is 5.69 Å². The van der Waals surface area contributed by atoms with E-state index >= 15 is 0 Å². The van der Waals surface area contributed by atoms with Gasteiger partial charge in [-0.2, -0.15) is 20.5 Å². The Morgan fingerprint density at radius 3 is 2.80 bits per heavy atom. The molecule has 1 aromatic carbocycles. The number of aromatic amines is 1. The van der Waals surface area contributed by atoms with Crippen molar-refractivity contribution in [2.24, 2.45) is 0 Å². The molecule has 4 rings (SSSR count). The number of aliphatic hydroxyl groups is 1. The number of rotatable bonds is 3. The van der Waals surface area contributed by atoms with E-state index in [9.17, 15) is 14.3 Å². The van der Waals surface area contributed by atoms with Crippen molar-refractivity contribution in [3.63, 3.8) is 0 Å². The third-order valence-electron chi connectivity index (χ3n) is 4.33. The van der Waals surface area contributed by atoms with Crippen molar-refractivity contribution in [3.8, 4) is 5.69 Å². The predicted molar refractivity (Wildman–Crippen MR) is 84.3 cm³/mol. The van der Waals surface area contributed by atoms with E-state index in [0.29, 0.717) is 24.3 Å². The summed E-state index contributed by atoms with van der Waals surface area (Å²) in [5, 5.41) is 25.0. The van der Waals surface area contributed by atoms with Crippen LogP contribution in [0.15, 0.2) is 42.7 Å². The topological polar surface area (TPSA) is 99.9 Å². The molecule has 3 aromatic rings. The first kappa shape index (κ1) is 15.5. The number of hydrogen-bond acceptors (Lipinski definition) is 5. The summed E-state index contributed by atoms with van der Waals surface area (Å²) in [5.74, 6) is -0.614. The van der Waals surface area contributed by atoms with Gasteiger partial charge >= 0.3 is 0 Å². The van der Waals surface area contributed by atoms with Gasteiger partial charge in [0.05, 0.1) is 18.4 Å². The summed E-state index contributed by atoms with van der Waals surface area (Å²) in [6.07, 6.45) is 3.47. The summed E-state index contributed by atoms with van der Waals surface area (Å²) in [6.45, 7) is 0.521. The van der Waals surface area contributed by atoms with Gasteiger partial charge in [-0.15, -0.1) is 0 Å². The molecule has 128 valence electrons. The Labute approximate surface area is 141 Å². The molecule has 2 aromatic heterocycles. The van der Waals surface area contributed by atoms with Crippen molar-refractivity contribution in [3.05, 3.63) is 59.9 Å². The number of nitrogens with zero attached hydrogens (tertiary/aromatic N) is 5. The molecule has 3 heterocycles. The fraction of sp³-hybridized carbons (Fsp3) is 0.250. The number of β-amino-alcohol motifs (C(OH)–C–C–N with tert-alkyl or cyclic N) is 1. The minimum Gasteiger partial charge on any atom is -0.381 e. The molecule has 1 amide bonds. The van der Waals surface area contributed by atoms with Gasteiger partial charge in [0.15, 0.2) is 5.69 Å². The van der Waals surface area contributed by atoms with Crippen molar-refractivity contribution in [2.75, 3.05) is 13.1 Å². The van der Waals surface area contributed by atoms with Crippen LogP contribution < -0.4 is 0 Å². The van der Waals surface area contributed by atoms with Crippen LogP contribution in [0.4, 0.5) is 4.39 Å². The zero-order chi connectivity index (χ0) is 17.4. The average Bonchev–Trinajstić information content (AvgIpc) is 3.36. The van der Waals surface area contributed by atoms with Gasteiger partial charge in [0.25, 0.3) is 5.91 Å². The molecule has 0 spiro atoms. The molecule has 9 heteroatoms. The molecule has 8 nitrogen and oxygen atoms in total. The highest BCUT2D eigenvalue weighted by Crippen LogP contribution is 2.30. The minimum atomic E-state index is -1.21. The second kappa shape index (κ2) is 5.78. The monoisotopic (exact) mass is 342 g/mol. The van der Waals surface area contributed by atoms with Gasteiger partial charge in [-0.25, -0.2) is 9.07 Å². The Morgan fingerprint density at radius 1 is 1.28 bits per heavy atom. The molecule has 1 saturated heterocycles. The second-order valence-corrected chi connectivity index (χ2v) is 5.99. The summed E-state index contributed by atoms with van der Waals surface area (Å²) < 4.78 is 14.5. The van der Waals surface area contributed by atoms with Gasteiger partial charge in [-0.05, 0) is 30.3 Å². The predicted octanol–water partition coefficient (Wildman–Crippen LogP) is 0.863. The van der Waals surface area contributed by atoms with E-state index in [1.807, 2.05) is 0 Å². The number of aromatic nitrogens is 5. The molecular formula is C16H15FN6O2. The van der Waals surface area contributed by atoms with E-state index in [0.717, 1.165) is 0 Å². The number of carbonyl (C=O) groups excluding carboxylic acids is 1. The summed E-state index contributed by atoms with van der Waals surface area (Å²) in [5.41, 5.74) is 0.122. The van der Waals surface area contributed by atoms with E-state index in [1.165, 1.54) is 27.9 Å². The van der Waals surface area contributed by atoms with Crippen molar-refractivity contribution in [2.45, 2.75) is 12.0 Å². The molecule has 0 saturated carbocycles. The largest absolute Gasteiger partial charge is 0.381 e. The lowest BCUT2D eigenvalue weighted by Gasteiger charge is -2.20. The maximum absolute atomic E-state index is 13.0. The standard InChI is InChI=1S/C16H15FN6O2/c17-11-1-3-12(4-2-11)23-7-5-13(20-23)15(24)22-8-6-16(25,10-22)14-9-18-21-19-14/h1-5,7,9,25H,6,8,10H2,(H,18,19,21)/t16-/m0/s1. The fourth-order valence-electron chi connectivity index (χ4n) is 2.94. The third-order valence-corrected chi connectivity index (χ3v) is 4.33. The summed E-state index contributed by atoms with van der Waals surface area (Å²) >= 11 is 0. The van der Waals surface area contributed by atoms with Gasteiger partial charge in [0.1, 0.15) is 17.1 Å². The molecule has 0 bridgehead atoms. The average molecular weight is 342 g/mol. The van der Waals surface area contributed by atoms with Crippen LogP contribution in [0, 0.1) is 5.82 Å². The molecule has 2 N–H and O–H groups in total. The Balaban J connectivity index is 1.51. The molecule has 0 unspecified atom stereocenters. The second-order valence-electron chi connectivity index (χ2n) is 5.99. The van der Waals surface area contributed by atoms with Crippen molar-refractivity contribution < 1.29 is 14.3 Å². The first-order valence-corrected chi connectivity index (χ1v) is 7.75. The molecule has 25 heavy (non-hydrogen) atoms. The lowest BCUT2D eigenvalue weighted by Crippen LogP contribution is -2.34. The van der Waals surface area contributed by atoms with Crippen LogP contribution in [0.5, 0.6) is 0 Å². The molecular weight excluding hydrogens is 327 g/mol. The number of likely N-dealkylation sites (tertiary alicyclic amines) is 1. The van der Waals surface area contributed by atoms with Crippen LogP contribution in [-0.2, 0) is 5.60 Å². The van der Waals surface area contributed by atoms with Gasteiger partial charge in [-0.1, -0.05) is 0 Å². The number of benzene rings is 1. The summed E-state index contributed by atoms with van der Waals surface area (Å²) in [6, 6.07) is 7.42. The van der Waals surface area contributed by atoms with Crippen molar-refractivity contribution in [1.82, 2.24) is 30.1 Å². The number of amides is 1. The van der Waals surface area contributed by atoms with Crippen LogP contribution >= 0.6 is 0 Å².